The molecule has 0 aliphatic carbocycles. The second-order valence-electron chi connectivity index (χ2n) is 7.83. The van der Waals surface area contributed by atoms with Gasteiger partial charge in [-0.2, -0.15) is 0 Å². The largest absolute Gasteiger partial charge is 0.507 e. The molecular formula is C26H22N2O3. The van der Waals surface area contributed by atoms with Crippen LogP contribution in [0.4, 0.5) is 0 Å². The maximum absolute atomic E-state index is 13.0. The molecule has 3 aromatic carbocycles. The maximum atomic E-state index is 13.0. The van der Waals surface area contributed by atoms with Crippen molar-refractivity contribution >= 4 is 22.8 Å². The number of carbonyl (C=O) groups excluding carboxylic acids is 1. The third kappa shape index (κ3) is 3.60. The molecule has 0 atom stereocenters. The van der Waals surface area contributed by atoms with Gasteiger partial charge in [-0.05, 0) is 36.9 Å². The highest BCUT2D eigenvalue weighted by Crippen LogP contribution is 2.40. The molecule has 154 valence electrons. The normalized spacial score (nSPS) is 14.4. The Hall–Kier alpha value is -3.83. The fourth-order valence-corrected chi connectivity index (χ4v) is 4.03. The summed E-state index contributed by atoms with van der Waals surface area (Å²) in [7, 11) is 1.98. The van der Waals surface area contributed by atoms with Gasteiger partial charge in [0.05, 0.1) is 11.1 Å². The molecule has 5 nitrogen and oxygen atoms in total. The molecule has 5 heteroatoms. The second kappa shape index (κ2) is 7.78. The first-order valence-corrected chi connectivity index (χ1v) is 10.2. The van der Waals surface area contributed by atoms with Gasteiger partial charge in [0.15, 0.2) is 5.76 Å². The Bertz CT molecular complexity index is 1300. The van der Waals surface area contributed by atoms with E-state index in [4.69, 9.17) is 4.74 Å². The number of phenolic OH excluding ortho intramolecular Hbond substituents is 1. The van der Waals surface area contributed by atoms with E-state index >= 15 is 0 Å². The highest BCUT2D eigenvalue weighted by molar-refractivity contribution is 6.15. The van der Waals surface area contributed by atoms with E-state index < -0.39 is 0 Å². The van der Waals surface area contributed by atoms with Crippen molar-refractivity contribution in [2.75, 3.05) is 7.05 Å². The van der Waals surface area contributed by atoms with Crippen molar-refractivity contribution in [2.24, 2.45) is 0 Å². The van der Waals surface area contributed by atoms with Gasteiger partial charge in [0.1, 0.15) is 11.5 Å². The number of phenols is 1. The van der Waals surface area contributed by atoms with Crippen LogP contribution in [0.25, 0.3) is 17.0 Å². The number of ether oxygens (including phenoxy) is 1. The lowest BCUT2D eigenvalue weighted by molar-refractivity contribution is 0.101. The Morgan fingerprint density at radius 3 is 2.61 bits per heavy atom. The van der Waals surface area contributed by atoms with Crippen LogP contribution in [0.1, 0.15) is 27.0 Å². The summed E-state index contributed by atoms with van der Waals surface area (Å²) < 4.78 is 6.02. The number of para-hydroxylation sites is 1. The summed E-state index contributed by atoms with van der Waals surface area (Å²) in [5.41, 5.74) is 4.16. The highest BCUT2D eigenvalue weighted by Gasteiger charge is 2.31. The third-order valence-electron chi connectivity index (χ3n) is 5.55. The number of rotatable bonds is 5. The van der Waals surface area contributed by atoms with Crippen molar-refractivity contribution in [1.82, 2.24) is 9.88 Å². The van der Waals surface area contributed by atoms with Gasteiger partial charge in [0, 0.05) is 35.8 Å². The molecule has 0 fully saturated rings. The number of ketones is 1. The lowest BCUT2D eigenvalue weighted by atomic mass is 10.0. The molecule has 1 aliphatic rings. The monoisotopic (exact) mass is 410 g/mol. The molecule has 4 aromatic rings. The number of aromatic hydroxyl groups is 1. The van der Waals surface area contributed by atoms with Crippen molar-refractivity contribution in [1.29, 1.82) is 0 Å². The highest BCUT2D eigenvalue weighted by atomic mass is 16.5. The first-order valence-electron chi connectivity index (χ1n) is 10.2. The summed E-state index contributed by atoms with van der Waals surface area (Å²) in [4.78, 5) is 18.3. The van der Waals surface area contributed by atoms with Crippen LogP contribution in [0.15, 0.2) is 78.7 Å². The van der Waals surface area contributed by atoms with Crippen molar-refractivity contribution in [3.8, 4) is 11.5 Å². The number of aromatic amines is 1. The van der Waals surface area contributed by atoms with Crippen molar-refractivity contribution in [3.05, 3.63) is 101 Å². The fourth-order valence-electron chi connectivity index (χ4n) is 4.03. The molecule has 31 heavy (non-hydrogen) atoms. The zero-order valence-electron chi connectivity index (χ0n) is 17.1. The second-order valence-corrected chi connectivity index (χ2v) is 7.83. The average Bonchev–Trinajstić information content (AvgIpc) is 3.33. The minimum Gasteiger partial charge on any atom is -0.507 e. The van der Waals surface area contributed by atoms with Crippen LogP contribution < -0.4 is 4.74 Å². The van der Waals surface area contributed by atoms with Crippen LogP contribution in [-0.2, 0) is 13.1 Å². The molecule has 0 spiro atoms. The summed E-state index contributed by atoms with van der Waals surface area (Å²) in [6.45, 7) is 1.17. The first-order chi connectivity index (χ1) is 15.1. The Morgan fingerprint density at radius 2 is 1.77 bits per heavy atom. The topological polar surface area (TPSA) is 65.6 Å². The number of nitrogens with zero attached hydrogens (tertiary/aromatic N) is 1. The van der Waals surface area contributed by atoms with E-state index in [-0.39, 0.29) is 17.3 Å². The number of hydrogen-bond acceptors (Lipinski definition) is 4. The van der Waals surface area contributed by atoms with Crippen molar-refractivity contribution in [3.63, 3.8) is 0 Å². The van der Waals surface area contributed by atoms with E-state index in [1.165, 1.54) is 5.56 Å². The molecule has 0 unspecified atom stereocenters. The number of aromatic nitrogens is 1. The minimum atomic E-state index is -0.174. The average molecular weight is 410 g/mol. The summed E-state index contributed by atoms with van der Waals surface area (Å²) in [5, 5.41) is 11.5. The lowest BCUT2D eigenvalue weighted by Gasteiger charge is -2.19. The van der Waals surface area contributed by atoms with Crippen LogP contribution >= 0.6 is 0 Å². The van der Waals surface area contributed by atoms with Gasteiger partial charge in [-0.3, -0.25) is 9.69 Å². The Kier molecular flexibility index (Phi) is 4.81. The number of fused-ring (bicyclic) bond motifs is 2. The summed E-state index contributed by atoms with van der Waals surface area (Å²) in [5.74, 6) is 0.653. The smallest absolute Gasteiger partial charge is 0.231 e. The molecule has 5 rings (SSSR count). The van der Waals surface area contributed by atoms with E-state index in [0.717, 1.165) is 23.0 Å². The van der Waals surface area contributed by atoms with E-state index in [1.807, 2.05) is 55.7 Å². The number of nitrogens with one attached hydrogen (secondary N) is 1. The Morgan fingerprint density at radius 1 is 1.00 bits per heavy atom. The number of hydrogen-bond donors (Lipinski definition) is 2. The van der Waals surface area contributed by atoms with Gasteiger partial charge in [0.25, 0.3) is 0 Å². The van der Waals surface area contributed by atoms with Crippen molar-refractivity contribution < 1.29 is 14.6 Å². The van der Waals surface area contributed by atoms with Crippen LogP contribution in [0.3, 0.4) is 0 Å². The number of H-pyrrole nitrogens is 1. The molecule has 0 bridgehead atoms. The minimum absolute atomic E-state index is 0.125. The standard InChI is InChI=1S/C26H22N2O3/c1-28(15-17-7-3-2-4-8-17)16-21-23(29)12-11-20-25(30)24(31-26(20)21)13-18-14-27-22-10-6-5-9-19(18)22/h2-14,27,29H,15-16H2,1H3. The van der Waals surface area contributed by atoms with E-state index in [0.29, 0.717) is 23.4 Å². The maximum Gasteiger partial charge on any atom is 0.231 e. The quantitative estimate of drug-likeness (QED) is 0.448. The van der Waals surface area contributed by atoms with E-state index in [1.54, 1.807) is 18.2 Å². The first kappa shape index (κ1) is 19.2. The number of Topliss-reactive ketones (excluding diaryl/α,β-unsaturated/α-hetero) is 1. The summed E-state index contributed by atoms with van der Waals surface area (Å²) >= 11 is 0. The molecular weight excluding hydrogens is 388 g/mol. The van der Waals surface area contributed by atoms with Crippen LogP contribution in [-0.4, -0.2) is 27.8 Å². The van der Waals surface area contributed by atoms with Gasteiger partial charge >= 0.3 is 0 Å². The van der Waals surface area contributed by atoms with Crippen molar-refractivity contribution in [2.45, 2.75) is 13.1 Å². The molecule has 1 aliphatic heterocycles. The Balaban J connectivity index is 1.45. The molecule has 2 heterocycles. The van der Waals surface area contributed by atoms with Gasteiger partial charge < -0.3 is 14.8 Å². The Labute approximate surface area is 180 Å². The number of carbonyl (C=O) groups is 1. The van der Waals surface area contributed by atoms with Gasteiger partial charge in [-0.25, -0.2) is 0 Å². The molecule has 0 radical (unpaired) electrons. The number of benzene rings is 3. The van der Waals surface area contributed by atoms with E-state index in [2.05, 4.69) is 22.0 Å². The SMILES string of the molecule is CN(Cc1ccccc1)Cc1c(O)ccc2c1OC(=Cc1c[nH]c3ccccc13)C2=O. The predicted octanol–water partition coefficient (Wildman–Crippen LogP) is 5.12. The van der Waals surface area contributed by atoms with Gasteiger partial charge in [-0.15, -0.1) is 0 Å². The third-order valence-corrected chi connectivity index (χ3v) is 5.55. The van der Waals surface area contributed by atoms with E-state index in [9.17, 15) is 9.90 Å². The molecule has 1 aromatic heterocycles. The fraction of sp³-hybridized carbons (Fsp3) is 0.115. The van der Waals surface area contributed by atoms with Crippen LogP contribution in [0.5, 0.6) is 11.5 Å². The van der Waals surface area contributed by atoms with Crippen LogP contribution in [0.2, 0.25) is 0 Å². The van der Waals surface area contributed by atoms with Crippen LogP contribution in [0, 0.1) is 0 Å². The molecule has 2 N–H and O–H groups in total. The lowest BCUT2D eigenvalue weighted by Crippen LogP contribution is -2.17. The van der Waals surface area contributed by atoms with Gasteiger partial charge in [0.2, 0.25) is 5.78 Å². The summed E-state index contributed by atoms with van der Waals surface area (Å²) in [6.07, 6.45) is 3.62. The molecule has 0 amide bonds. The predicted molar refractivity (Wildman–Crippen MR) is 121 cm³/mol. The molecule has 0 saturated heterocycles. The number of allylic oxidation sites excluding steroid dienone is 1. The summed E-state index contributed by atoms with van der Waals surface area (Å²) in [6, 6.07) is 21.2. The zero-order valence-corrected chi connectivity index (χ0v) is 17.1. The molecule has 0 saturated carbocycles. The van der Waals surface area contributed by atoms with Gasteiger partial charge in [-0.1, -0.05) is 48.5 Å². The zero-order chi connectivity index (χ0) is 21.4.